The molecule has 0 rings (SSSR count). The zero-order chi connectivity index (χ0) is 14.1. The molecule has 0 spiro atoms. The standard InChI is InChI=1S/2C6H14.C5H12.2BrH/c2*1-4-6(3)5-2;1-3-5-4-2;;/h2*6H,4-5H2,1-3H3;3-5H2,1-2H3;2*1H. The average molecular weight is 406 g/mol. The van der Waals surface area contributed by atoms with Gasteiger partial charge in [-0.15, -0.1) is 34.0 Å². The van der Waals surface area contributed by atoms with E-state index in [1.807, 2.05) is 0 Å². The zero-order valence-corrected chi connectivity index (χ0v) is 18.3. The second-order valence-electron chi connectivity index (χ2n) is 5.20. The molecule has 0 aliphatic heterocycles. The van der Waals surface area contributed by atoms with Gasteiger partial charge in [0.25, 0.3) is 0 Å². The number of hydrogen-bond donors (Lipinski definition) is 0. The van der Waals surface area contributed by atoms with E-state index in [-0.39, 0.29) is 34.0 Å². The SMILES string of the molecule is Br.Br.CCC(C)CC.CCC(C)CC.CCCCC. The van der Waals surface area contributed by atoms with E-state index in [0.29, 0.717) is 0 Å². The molecule has 0 fully saturated rings. The monoisotopic (exact) mass is 404 g/mol. The van der Waals surface area contributed by atoms with E-state index in [0.717, 1.165) is 11.8 Å². The fourth-order valence-corrected chi connectivity index (χ4v) is 0.931. The molecule has 124 valence electrons. The molecule has 0 amide bonds. The summed E-state index contributed by atoms with van der Waals surface area (Å²) in [5.41, 5.74) is 0. The van der Waals surface area contributed by atoms with Crippen molar-refractivity contribution in [1.82, 2.24) is 0 Å². The maximum absolute atomic E-state index is 2.28. The fraction of sp³-hybridized carbons (Fsp3) is 1.00. The van der Waals surface area contributed by atoms with Crippen LogP contribution >= 0.6 is 34.0 Å². The molecule has 19 heavy (non-hydrogen) atoms. The van der Waals surface area contributed by atoms with Crippen LogP contribution in [0.2, 0.25) is 0 Å². The van der Waals surface area contributed by atoms with Crippen LogP contribution in [0.15, 0.2) is 0 Å². The maximum atomic E-state index is 2.28. The van der Waals surface area contributed by atoms with E-state index in [2.05, 4.69) is 55.4 Å². The van der Waals surface area contributed by atoms with Gasteiger partial charge in [0, 0.05) is 0 Å². The van der Waals surface area contributed by atoms with Crippen LogP contribution in [0.5, 0.6) is 0 Å². The Balaban J connectivity index is -0.0000000492. The van der Waals surface area contributed by atoms with Crippen molar-refractivity contribution in [3.63, 3.8) is 0 Å². The van der Waals surface area contributed by atoms with Gasteiger partial charge in [-0.05, 0) is 11.8 Å². The molecule has 0 nitrogen and oxygen atoms in total. The fourth-order valence-electron chi connectivity index (χ4n) is 0.931. The van der Waals surface area contributed by atoms with Crippen molar-refractivity contribution in [3.8, 4) is 0 Å². The third kappa shape index (κ3) is 45.4. The predicted molar refractivity (Wildman–Crippen MR) is 105 cm³/mol. The second kappa shape index (κ2) is 31.4. The summed E-state index contributed by atoms with van der Waals surface area (Å²) in [4.78, 5) is 0. The van der Waals surface area contributed by atoms with Crippen LogP contribution in [0.25, 0.3) is 0 Å². The van der Waals surface area contributed by atoms with Crippen LogP contribution in [0.1, 0.15) is 100 Å². The first-order valence-corrected chi connectivity index (χ1v) is 8.03. The quantitative estimate of drug-likeness (QED) is 0.417. The van der Waals surface area contributed by atoms with Crippen LogP contribution in [-0.4, -0.2) is 0 Å². The Kier molecular flexibility index (Phi) is 53.0. The Hall–Kier alpha value is 0.960. The van der Waals surface area contributed by atoms with E-state index in [1.54, 1.807) is 0 Å². The van der Waals surface area contributed by atoms with E-state index >= 15 is 0 Å². The molecular formula is C17H42Br2. The lowest BCUT2D eigenvalue weighted by Crippen LogP contribution is -1.85. The van der Waals surface area contributed by atoms with Gasteiger partial charge in [-0.3, -0.25) is 0 Å². The highest BCUT2D eigenvalue weighted by molar-refractivity contribution is 8.93. The smallest absolute Gasteiger partial charge is 0.0448 e. The summed E-state index contributed by atoms with van der Waals surface area (Å²) < 4.78 is 0. The molecule has 0 bridgehead atoms. The van der Waals surface area contributed by atoms with Crippen LogP contribution in [0.3, 0.4) is 0 Å². The Bertz CT molecular complexity index is 85.4. The van der Waals surface area contributed by atoms with Crippen LogP contribution < -0.4 is 0 Å². The lowest BCUT2D eigenvalue weighted by molar-refractivity contribution is 0.544. The summed E-state index contributed by atoms with van der Waals surface area (Å²) in [6.45, 7) is 17.9. The van der Waals surface area contributed by atoms with Gasteiger partial charge in [0.15, 0.2) is 0 Å². The van der Waals surface area contributed by atoms with Crippen molar-refractivity contribution in [3.05, 3.63) is 0 Å². The van der Waals surface area contributed by atoms with Gasteiger partial charge in [-0.25, -0.2) is 0 Å². The summed E-state index contributed by atoms with van der Waals surface area (Å²) in [6, 6.07) is 0. The van der Waals surface area contributed by atoms with Crippen molar-refractivity contribution < 1.29 is 0 Å². The van der Waals surface area contributed by atoms with Crippen LogP contribution in [0.4, 0.5) is 0 Å². The topological polar surface area (TPSA) is 0 Å². The van der Waals surface area contributed by atoms with E-state index in [9.17, 15) is 0 Å². The molecule has 0 saturated heterocycles. The summed E-state index contributed by atoms with van der Waals surface area (Å²) in [5, 5.41) is 0. The van der Waals surface area contributed by atoms with Crippen molar-refractivity contribution in [2.45, 2.75) is 100 Å². The molecule has 0 heterocycles. The normalized spacial score (nSPS) is 8.53. The third-order valence-corrected chi connectivity index (χ3v) is 3.49. The van der Waals surface area contributed by atoms with E-state index in [1.165, 1.54) is 44.9 Å². The molecule has 0 aliphatic carbocycles. The van der Waals surface area contributed by atoms with Crippen LogP contribution in [0, 0.1) is 11.8 Å². The van der Waals surface area contributed by atoms with Crippen molar-refractivity contribution >= 4 is 34.0 Å². The lowest BCUT2D eigenvalue weighted by Gasteiger charge is -1.98. The molecule has 0 N–H and O–H groups in total. The molecule has 0 unspecified atom stereocenters. The summed E-state index contributed by atoms with van der Waals surface area (Å²) >= 11 is 0. The summed E-state index contributed by atoms with van der Waals surface area (Å²) in [5.74, 6) is 1.87. The summed E-state index contributed by atoms with van der Waals surface area (Å²) in [7, 11) is 0. The molecule has 0 aromatic carbocycles. The minimum absolute atomic E-state index is 0. The molecule has 0 atom stereocenters. The number of unbranched alkanes of at least 4 members (excludes halogenated alkanes) is 2. The third-order valence-electron chi connectivity index (χ3n) is 3.49. The first-order chi connectivity index (χ1) is 8.03. The van der Waals surface area contributed by atoms with Gasteiger partial charge < -0.3 is 0 Å². The Labute approximate surface area is 146 Å². The van der Waals surface area contributed by atoms with E-state index < -0.39 is 0 Å². The van der Waals surface area contributed by atoms with Crippen molar-refractivity contribution in [2.75, 3.05) is 0 Å². The van der Waals surface area contributed by atoms with Gasteiger partial charge in [-0.1, -0.05) is 100 Å². The largest absolute Gasteiger partial charge is 0.114 e. The van der Waals surface area contributed by atoms with Gasteiger partial charge in [0.2, 0.25) is 0 Å². The number of hydrogen-bond acceptors (Lipinski definition) is 0. The lowest BCUT2D eigenvalue weighted by atomic mass is 10.1. The highest BCUT2D eigenvalue weighted by atomic mass is 79.9. The highest BCUT2D eigenvalue weighted by Crippen LogP contribution is 2.03. The highest BCUT2D eigenvalue weighted by Gasteiger charge is 1.89. The molecule has 0 aliphatic rings. The van der Waals surface area contributed by atoms with Gasteiger partial charge >= 0.3 is 0 Å². The molecular weight excluding hydrogens is 364 g/mol. The van der Waals surface area contributed by atoms with Crippen molar-refractivity contribution in [1.29, 1.82) is 0 Å². The van der Waals surface area contributed by atoms with Crippen molar-refractivity contribution in [2.24, 2.45) is 11.8 Å². The Morgan fingerprint density at radius 3 is 0.737 bits per heavy atom. The Morgan fingerprint density at radius 1 is 0.526 bits per heavy atom. The molecule has 2 heteroatoms. The first kappa shape index (κ1) is 32.1. The molecule has 0 aromatic rings. The summed E-state index contributed by atoms with van der Waals surface area (Å²) in [6.07, 6.45) is 9.40. The molecule has 0 aromatic heterocycles. The van der Waals surface area contributed by atoms with Gasteiger partial charge in [-0.2, -0.15) is 0 Å². The van der Waals surface area contributed by atoms with Crippen LogP contribution in [-0.2, 0) is 0 Å². The molecule has 0 saturated carbocycles. The Morgan fingerprint density at radius 2 is 0.737 bits per heavy atom. The first-order valence-electron chi connectivity index (χ1n) is 8.03. The number of halogens is 2. The minimum atomic E-state index is 0. The van der Waals surface area contributed by atoms with E-state index in [4.69, 9.17) is 0 Å². The van der Waals surface area contributed by atoms with Gasteiger partial charge in [0.1, 0.15) is 0 Å². The minimum Gasteiger partial charge on any atom is -0.114 e. The number of rotatable bonds is 6. The predicted octanol–water partition coefficient (Wildman–Crippen LogP) is 8.24. The zero-order valence-electron chi connectivity index (χ0n) is 14.9. The molecule has 0 radical (unpaired) electrons. The second-order valence-corrected chi connectivity index (χ2v) is 5.20. The average Bonchev–Trinajstić information content (AvgIpc) is 2.39. The maximum Gasteiger partial charge on any atom is -0.0448 e. The van der Waals surface area contributed by atoms with Gasteiger partial charge in [0.05, 0.1) is 0 Å².